The van der Waals surface area contributed by atoms with Gasteiger partial charge in [0.25, 0.3) is 0 Å². The molecule has 4 rings (SSSR count). The summed E-state index contributed by atoms with van der Waals surface area (Å²) in [6.07, 6.45) is 5.58. The van der Waals surface area contributed by atoms with Crippen LogP contribution in [0.2, 0.25) is 0 Å². The summed E-state index contributed by atoms with van der Waals surface area (Å²) in [7, 11) is 0. The van der Waals surface area contributed by atoms with Crippen LogP contribution < -0.4 is 0 Å². The molecule has 7 nitrogen and oxygen atoms in total. The van der Waals surface area contributed by atoms with Gasteiger partial charge >= 0.3 is 0 Å². The molecule has 0 saturated carbocycles. The molecule has 0 radical (unpaired) electrons. The second-order valence-corrected chi connectivity index (χ2v) is 7.08. The smallest absolute Gasteiger partial charge is 0.200 e. The third-order valence-corrected chi connectivity index (χ3v) is 4.92. The Balaban J connectivity index is 1.66. The van der Waals surface area contributed by atoms with E-state index in [2.05, 4.69) is 58.5 Å². The maximum Gasteiger partial charge on any atom is 0.200 e. The van der Waals surface area contributed by atoms with E-state index in [1.54, 1.807) is 6.20 Å². The fraction of sp³-hybridized carbons (Fsp3) is 0.263. The maximum atomic E-state index is 5.47. The van der Waals surface area contributed by atoms with E-state index in [4.69, 9.17) is 12.2 Å². The molecule has 8 heteroatoms. The number of benzene rings is 1. The number of aromatic amines is 1. The summed E-state index contributed by atoms with van der Waals surface area (Å²) < 4.78 is 6.29. The lowest BCUT2D eigenvalue weighted by Gasteiger charge is -2.14. The van der Waals surface area contributed by atoms with Gasteiger partial charge in [0.15, 0.2) is 10.6 Å². The van der Waals surface area contributed by atoms with Crippen LogP contribution >= 0.6 is 12.2 Å². The maximum absolute atomic E-state index is 5.47. The lowest BCUT2D eigenvalue weighted by molar-refractivity contribution is 0.515. The summed E-state index contributed by atoms with van der Waals surface area (Å²) in [6, 6.07) is 10.4. The second-order valence-electron chi connectivity index (χ2n) is 6.70. The molecule has 1 N–H and O–H groups in total. The monoisotopic (exact) mass is 379 g/mol. The van der Waals surface area contributed by atoms with Crippen LogP contribution in [0.15, 0.2) is 48.9 Å². The first-order chi connectivity index (χ1) is 13.0. The van der Waals surface area contributed by atoms with Crippen LogP contribution in [0.25, 0.3) is 5.69 Å². The van der Waals surface area contributed by atoms with Gasteiger partial charge in [-0.05, 0) is 44.6 Å². The first-order valence-corrected chi connectivity index (χ1v) is 9.19. The first kappa shape index (κ1) is 17.4. The van der Waals surface area contributed by atoms with Crippen LogP contribution in [0.1, 0.15) is 35.6 Å². The van der Waals surface area contributed by atoms with Gasteiger partial charge in [0, 0.05) is 18.1 Å². The highest BCUT2D eigenvalue weighted by Gasteiger charge is 2.19. The van der Waals surface area contributed by atoms with Gasteiger partial charge in [0.2, 0.25) is 0 Å². The van der Waals surface area contributed by atoms with Crippen LogP contribution in [0, 0.1) is 18.6 Å². The molecule has 3 aromatic heterocycles. The molecule has 27 heavy (non-hydrogen) atoms. The average Bonchev–Trinajstić information content (AvgIpc) is 3.36. The van der Waals surface area contributed by atoms with Gasteiger partial charge in [-0.15, -0.1) is 0 Å². The fourth-order valence-corrected chi connectivity index (χ4v) is 3.41. The Morgan fingerprint density at radius 2 is 1.89 bits per heavy atom. The van der Waals surface area contributed by atoms with Crippen molar-refractivity contribution in [2.45, 2.75) is 33.4 Å². The number of hydrogen-bond donors (Lipinski definition) is 1. The molecule has 138 valence electrons. The molecular weight excluding hydrogens is 358 g/mol. The Kier molecular flexibility index (Phi) is 4.49. The number of hydrogen-bond acceptors (Lipinski definition) is 4. The molecule has 0 amide bonds. The predicted octanol–water partition coefficient (Wildman–Crippen LogP) is 3.60. The van der Waals surface area contributed by atoms with Crippen molar-refractivity contribution in [3.8, 4) is 5.69 Å². The van der Waals surface area contributed by atoms with Crippen LogP contribution in [0.4, 0.5) is 0 Å². The van der Waals surface area contributed by atoms with E-state index in [-0.39, 0.29) is 6.04 Å². The van der Waals surface area contributed by atoms with Crippen molar-refractivity contribution in [3.63, 3.8) is 0 Å². The first-order valence-electron chi connectivity index (χ1n) is 8.79. The number of nitrogens with zero attached hydrogens (tertiary/aromatic N) is 6. The molecule has 4 aromatic rings. The standard InChI is InChI=1S/C19H21N7S/c1-13-4-6-16(7-5-13)11-24-12-17(10-21-24)25-18(22-23-19(25)27)15(3)26-14(2)8-9-20-26/h4-10,12,15H,11H2,1-3H3,(H,23,27). The third-order valence-electron chi connectivity index (χ3n) is 4.65. The second kappa shape index (κ2) is 6.96. The van der Waals surface area contributed by atoms with Gasteiger partial charge in [-0.2, -0.15) is 15.3 Å². The van der Waals surface area contributed by atoms with Gasteiger partial charge in [0.1, 0.15) is 6.04 Å². The normalized spacial score (nSPS) is 12.4. The molecule has 1 unspecified atom stereocenters. The summed E-state index contributed by atoms with van der Waals surface area (Å²) in [5.74, 6) is 0.793. The summed E-state index contributed by atoms with van der Waals surface area (Å²) in [6.45, 7) is 6.86. The van der Waals surface area contributed by atoms with E-state index in [0.29, 0.717) is 11.3 Å². The number of H-pyrrole nitrogens is 1. The third kappa shape index (κ3) is 3.35. The van der Waals surface area contributed by atoms with Crippen molar-refractivity contribution in [1.82, 2.24) is 34.3 Å². The van der Waals surface area contributed by atoms with E-state index in [1.165, 1.54) is 11.1 Å². The molecule has 0 aliphatic carbocycles. The van der Waals surface area contributed by atoms with E-state index in [1.807, 2.05) is 39.3 Å². The van der Waals surface area contributed by atoms with E-state index in [9.17, 15) is 0 Å². The summed E-state index contributed by atoms with van der Waals surface area (Å²) in [5, 5.41) is 16.2. The van der Waals surface area contributed by atoms with Gasteiger partial charge in [-0.1, -0.05) is 29.8 Å². The largest absolute Gasteiger partial charge is 0.267 e. The lowest BCUT2D eigenvalue weighted by Crippen LogP contribution is -2.15. The molecule has 0 fully saturated rings. The van der Waals surface area contributed by atoms with Crippen molar-refractivity contribution in [1.29, 1.82) is 0 Å². The molecule has 0 aliphatic heterocycles. The minimum Gasteiger partial charge on any atom is -0.267 e. The Morgan fingerprint density at radius 1 is 1.11 bits per heavy atom. The molecule has 0 aliphatic rings. The number of aromatic nitrogens is 7. The molecule has 0 saturated heterocycles. The fourth-order valence-electron chi connectivity index (χ4n) is 3.17. The van der Waals surface area contributed by atoms with Crippen molar-refractivity contribution in [3.05, 3.63) is 76.3 Å². The molecule has 0 bridgehead atoms. The highest BCUT2D eigenvalue weighted by Crippen LogP contribution is 2.21. The van der Waals surface area contributed by atoms with Gasteiger partial charge in [-0.25, -0.2) is 0 Å². The minimum absolute atomic E-state index is 0.0617. The number of rotatable bonds is 5. The molecular formula is C19H21N7S. The number of nitrogens with one attached hydrogen (secondary N) is 1. The summed E-state index contributed by atoms with van der Waals surface area (Å²) >= 11 is 5.47. The van der Waals surface area contributed by atoms with E-state index in [0.717, 1.165) is 17.2 Å². The van der Waals surface area contributed by atoms with Gasteiger partial charge in [0.05, 0.1) is 18.4 Å². The Hall–Kier alpha value is -3.00. The zero-order valence-corrected chi connectivity index (χ0v) is 16.3. The molecule has 0 spiro atoms. The van der Waals surface area contributed by atoms with E-state index < -0.39 is 0 Å². The zero-order valence-electron chi connectivity index (χ0n) is 15.5. The summed E-state index contributed by atoms with van der Waals surface area (Å²) in [5.41, 5.74) is 4.40. The highest BCUT2D eigenvalue weighted by atomic mass is 32.1. The zero-order chi connectivity index (χ0) is 19.0. The van der Waals surface area contributed by atoms with Crippen LogP contribution in [0.5, 0.6) is 0 Å². The van der Waals surface area contributed by atoms with Crippen LogP contribution in [-0.2, 0) is 6.54 Å². The topological polar surface area (TPSA) is 69.2 Å². The van der Waals surface area contributed by atoms with Crippen molar-refractivity contribution in [2.75, 3.05) is 0 Å². The van der Waals surface area contributed by atoms with Crippen molar-refractivity contribution >= 4 is 12.2 Å². The molecule has 1 aromatic carbocycles. The Labute approximate surface area is 162 Å². The van der Waals surface area contributed by atoms with Crippen LogP contribution in [0.3, 0.4) is 0 Å². The average molecular weight is 379 g/mol. The molecule has 1 atom stereocenters. The van der Waals surface area contributed by atoms with Gasteiger partial charge < -0.3 is 0 Å². The minimum atomic E-state index is -0.0617. The Bertz CT molecular complexity index is 1110. The van der Waals surface area contributed by atoms with Crippen LogP contribution in [-0.4, -0.2) is 34.3 Å². The van der Waals surface area contributed by atoms with Gasteiger partial charge in [-0.3, -0.25) is 19.0 Å². The SMILES string of the molecule is Cc1ccc(Cn2cc(-n3c(C(C)n4nccc4C)n[nH]c3=S)cn2)cc1. The summed E-state index contributed by atoms with van der Waals surface area (Å²) in [4.78, 5) is 0. The Morgan fingerprint density at radius 3 is 2.59 bits per heavy atom. The predicted molar refractivity (Wildman–Crippen MR) is 106 cm³/mol. The van der Waals surface area contributed by atoms with Crippen molar-refractivity contribution in [2.24, 2.45) is 0 Å². The number of aryl methyl sites for hydroxylation is 2. The quantitative estimate of drug-likeness (QED) is 0.538. The van der Waals surface area contributed by atoms with E-state index >= 15 is 0 Å². The van der Waals surface area contributed by atoms with Crippen molar-refractivity contribution < 1.29 is 0 Å². The molecule has 3 heterocycles. The lowest BCUT2D eigenvalue weighted by atomic mass is 10.1. The highest BCUT2D eigenvalue weighted by molar-refractivity contribution is 7.71.